The molecule has 0 aliphatic carbocycles. The monoisotopic (exact) mass is 456 g/mol. The molecule has 2 aromatic heterocycles. The number of pyridine rings is 1. The Hall–Kier alpha value is -3.33. The fourth-order valence-electron chi connectivity index (χ4n) is 3.40. The molecule has 4 aromatic rings. The molecule has 0 unspecified atom stereocenters. The van der Waals surface area contributed by atoms with Gasteiger partial charge in [0.05, 0.1) is 21.9 Å². The highest BCUT2D eigenvalue weighted by molar-refractivity contribution is 7.99. The van der Waals surface area contributed by atoms with Crippen LogP contribution in [0.15, 0.2) is 75.5 Å². The van der Waals surface area contributed by atoms with Gasteiger partial charge in [0.15, 0.2) is 0 Å². The van der Waals surface area contributed by atoms with Crippen LogP contribution in [0.2, 0.25) is 0 Å². The molecular formula is C23H19F3N4OS. The number of hydrogen-bond donors (Lipinski definition) is 1. The molecule has 32 heavy (non-hydrogen) atoms. The van der Waals surface area contributed by atoms with Gasteiger partial charge in [-0.3, -0.25) is 9.36 Å². The zero-order valence-corrected chi connectivity index (χ0v) is 18.0. The number of aryl methyl sites for hydroxylation is 1. The number of alkyl halides is 2. The van der Waals surface area contributed by atoms with Gasteiger partial charge in [-0.05, 0) is 25.1 Å². The van der Waals surface area contributed by atoms with Crippen molar-refractivity contribution >= 4 is 28.6 Å². The number of benzene rings is 2. The van der Waals surface area contributed by atoms with Crippen LogP contribution in [0.4, 0.5) is 19.0 Å². The molecule has 0 aliphatic heterocycles. The number of rotatable bonds is 6. The lowest BCUT2D eigenvalue weighted by molar-refractivity contribution is 0.146. The zero-order valence-electron chi connectivity index (χ0n) is 17.2. The second kappa shape index (κ2) is 9.04. The Kier molecular flexibility index (Phi) is 6.18. The summed E-state index contributed by atoms with van der Waals surface area (Å²) in [5, 5.41) is 3.65. The van der Waals surface area contributed by atoms with E-state index in [2.05, 4.69) is 15.3 Å². The van der Waals surface area contributed by atoms with Gasteiger partial charge in [0.1, 0.15) is 23.6 Å². The number of aromatic nitrogens is 3. The number of fused-ring (bicyclic) bond motifs is 1. The smallest absolute Gasteiger partial charge is 0.266 e. The van der Waals surface area contributed by atoms with E-state index >= 15 is 0 Å². The molecule has 0 aliphatic rings. The molecule has 0 amide bonds. The summed E-state index contributed by atoms with van der Waals surface area (Å²) in [6, 6.07) is 14.4. The van der Waals surface area contributed by atoms with E-state index in [4.69, 9.17) is 0 Å². The fourth-order valence-corrected chi connectivity index (χ4v) is 4.35. The van der Waals surface area contributed by atoms with Crippen LogP contribution in [0.3, 0.4) is 0 Å². The summed E-state index contributed by atoms with van der Waals surface area (Å²) >= 11 is 1.31. The Morgan fingerprint density at radius 1 is 1.03 bits per heavy atom. The van der Waals surface area contributed by atoms with Crippen molar-refractivity contribution in [1.29, 1.82) is 0 Å². The van der Waals surface area contributed by atoms with Crippen LogP contribution >= 0.6 is 11.8 Å². The third-order valence-corrected chi connectivity index (χ3v) is 6.08. The van der Waals surface area contributed by atoms with Crippen molar-refractivity contribution in [3.05, 3.63) is 88.2 Å². The number of anilines is 1. The number of nitrogens with one attached hydrogen (secondary N) is 1. The highest BCUT2D eigenvalue weighted by Crippen LogP contribution is 2.32. The van der Waals surface area contributed by atoms with E-state index in [0.29, 0.717) is 21.7 Å². The first-order valence-electron chi connectivity index (χ1n) is 9.77. The maximum atomic E-state index is 14.6. The Balaban J connectivity index is 1.75. The van der Waals surface area contributed by atoms with Crippen molar-refractivity contribution in [2.45, 2.75) is 29.2 Å². The predicted molar refractivity (Wildman–Crippen MR) is 119 cm³/mol. The Morgan fingerprint density at radius 3 is 2.47 bits per heavy atom. The van der Waals surface area contributed by atoms with Crippen LogP contribution in [-0.4, -0.2) is 14.5 Å². The van der Waals surface area contributed by atoms with Crippen molar-refractivity contribution in [2.75, 3.05) is 5.32 Å². The van der Waals surface area contributed by atoms with Gasteiger partial charge in [-0.2, -0.15) is 0 Å². The maximum Gasteiger partial charge on any atom is 0.266 e. The van der Waals surface area contributed by atoms with E-state index in [1.165, 1.54) is 34.8 Å². The Morgan fingerprint density at radius 2 is 1.75 bits per heavy atom. The second-order valence-electron chi connectivity index (χ2n) is 7.16. The van der Waals surface area contributed by atoms with Crippen molar-refractivity contribution in [1.82, 2.24) is 14.5 Å². The highest BCUT2D eigenvalue weighted by atomic mass is 32.2. The summed E-state index contributed by atoms with van der Waals surface area (Å²) in [5.41, 5.74) is -0.357. The van der Waals surface area contributed by atoms with E-state index < -0.39 is 23.8 Å². The molecule has 1 N–H and O–H groups in total. The van der Waals surface area contributed by atoms with Gasteiger partial charge in [0, 0.05) is 17.5 Å². The number of nitrogens with zero attached hydrogens (tertiary/aromatic N) is 3. The average Bonchev–Trinajstić information content (AvgIpc) is 2.78. The molecule has 2 aromatic carbocycles. The van der Waals surface area contributed by atoms with Crippen molar-refractivity contribution < 1.29 is 13.2 Å². The van der Waals surface area contributed by atoms with Gasteiger partial charge < -0.3 is 5.32 Å². The molecule has 0 bridgehead atoms. The van der Waals surface area contributed by atoms with Gasteiger partial charge in [0.2, 0.25) is 0 Å². The summed E-state index contributed by atoms with van der Waals surface area (Å²) in [6.07, 6.45) is -1.61. The lowest BCUT2D eigenvalue weighted by Crippen LogP contribution is -2.20. The first kappa shape index (κ1) is 21.9. The van der Waals surface area contributed by atoms with Gasteiger partial charge in [0.25, 0.3) is 12.0 Å². The van der Waals surface area contributed by atoms with Crippen LogP contribution in [0, 0.1) is 5.82 Å². The molecule has 9 heteroatoms. The van der Waals surface area contributed by atoms with Crippen molar-refractivity contribution in [2.24, 2.45) is 7.05 Å². The van der Waals surface area contributed by atoms with E-state index in [1.54, 1.807) is 20.0 Å². The van der Waals surface area contributed by atoms with E-state index in [9.17, 15) is 18.0 Å². The summed E-state index contributed by atoms with van der Waals surface area (Å²) in [6.45, 7) is 1.66. The van der Waals surface area contributed by atoms with Crippen molar-refractivity contribution in [3.8, 4) is 0 Å². The molecule has 0 saturated heterocycles. The molecule has 1 atom stereocenters. The summed E-state index contributed by atoms with van der Waals surface area (Å²) in [7, 11) is 1.62. The summed E-state index contributed by atoms with van der Waals surface area (Å²) in [4.78, 5) is 22.7. The van der Waals surface area contributed by atoms with Crippen LogP contribution in [0.1, 0.15) is 30.5 Å². The summed E-state index contributed by atoms with van der Waals surface area (Å²) in [5.74, 6) is -0.580. The Labute approximate surface area is 186 Å². The van der Waals surface area contributed by atoms with Crippen LogP contribution in [0.5, 0.6) is 0 Å². The van der Waals surface area contributed by atoms with E-state index in [0.717, 1.165) is 11.0 Å². The number of halogens is 3. The molecule has 164 valence electrons. The van der Waals surface area contributed by atoms with Gasteiger partial charge in [-0.25, -0.2) is 23.1 Å². The van der Waals surface area contributed by atoms with Gasteiger partial charge in [-0.15, -0.1) is 0 Å². The highest BCUT2D eigenvalue weighted by Gasteiger charge is 2.21. The van der Waals surface area contributed by atoms with Crippen LogP contribution < -0.4 is 10.9 Å². The van der Waals surface area contributed by atoms with Crippen molar-refractivity contribution in [3.63, 3.8) is 0 Å². The summed E-state index contributed by atoms with van der Waals surface area (Å²) < 4.78 is 42.2. The number of hydrogen-bond acceptors (Lipinski definition) is 5. The third kappa shape index (κ3) is 4.20. The minimum atomic E-state index is -2.91. The standard InChI is InChI=1S/C23H19F3N4OS/c1-13(15-9-6-10-16(19(15)24)20(25)26)29-21-17-11-18(32-14-7-4-3-5-8-14)23(31)30(2)22(17)28-12-27-21/h3-13,20H,1-2H3,(H,27,28,29)/t13-/m1/s1. The Bertz CT molecular complexity index is 1330. The molecule has 4 rings (SSSR count). The topological polar surface area (TPSA) is 59.8 Å². The molecule has 0 radical (unpaired) electrons. The second-order valence-corrected chi connectivity index (χ2v) is 8.28. The third-order valence-electron chi connectivity index (χ3n) is 5.06. The maximum absolute atomic E-state index is 14.6. The molecule has 2 heterocycles. The lowest BCUT2D eigenvalue weighted by Gasteiger charge is -2.19. The molecule has 0 fully saturated rings. The first-order valence-corrected chi connectivity index (χ1v) is 10.6. The largest absolute Gasteiger partial charge is 0.363 e. The predicted octanol–water partition coefficient (Wildman–Crippen LogP) is 5.73. The average molecular weight is 456 g/mol. The molecule has 0 saturated carbocycles. The minimum Gasteiger partial charge on any atom is -0.363 e. The molecule has 5 nitrogen and oxygen atoms in total. The molecule has 0 spiro atoms. The van der Waals surface area contributed by atoms with Crippen LogP contribution in [-0.2, 0) is 7.05 Å². The minimum absolute atomic E-state index is 0.0956. The zero-order chi connectivity index (χ0) is 22.8. The first-order chi connectivity index (χ1) is 15.4. The SMILES string of the molecule is C[C@@H](Nc1ncnc2c1cc(Sc1ccccc1)c(=O)n2C)c1cccc(C(F)F)c1F. The fraction of sp³-hybridized carbons (Fsp3) is 0.174. The van der Waals surface area contributed by atoms with Crippen LogP contribution in [0.25, 0.3) is 11.0 Å². The normalized spacial score (nSPS) is 12.3. The quantitative estimate of drug-likeness (QED) is 0.402. The molecular weight excluding hydrogens is 437 g/mol. The van der Waals surface area contributed by atoms with E-state index in [-0.39, 0.29) is 11.1 Å². The van der Waals surface area contributed by atoms with E-state index in [1.807, 2.05) is 30.3 Å². The van der Waals surface area contributed by atoms with Gasteiger partial charge in [-0.1, -0.05) is 48.2 Å². The van der Waals surface area contributed by atoms with Gasteiger partial charge >= 0.3 is 0 Å². The lowest BCUT2D eigenvalue weighted by atomic mass is 10.0.